The second-order valence-electron chi connectivity index (χ2n) is 8.07. The standard InChI is InChI=1S/C22H26N6O2S/c1-14(19(29)25-26-20(30)16-8-6-5-7-9-16)31-21-27-24-18(28(21)23)15-10-12-17(13-11-15)22(2,3)4/h5-14H,23H2,1-4H3,(H,25,29)(H,26,30)/t14-/m0/s1. The van der Waals surface area contributed by atoms with Crippen LogP contribution in [0.15, 0.2) is 59.8 Å². The van der Waals surface area contributed by atoms with Crippen LogP contribution in [0.5, 0.6) is 0 Å². The molecule has 4 N–H and O–H groups in total. The van der Waals surface area contributed by atoms with Gasteiger partial charge in [0.1, 0.15) is 0 Å². The van der Waals surface area contributed by atoms with Crippen LogP contribution in [0.2, 0.25) is 0 Å². The van der Waals surface area contributed by atoms with Gasteiger partial charge in [-0.15, -0.1) is 10.2 Å². The van der Waals surface area contributed by atoms with E-state index in [2.05, 4.69) is 41.8 Å². The molecule has 2 amide bonds. The third kappa shape index (κ3) is 5.43. The van der Waals surface area contributed by atoms with Crippen LogP contribution in [0, 0.1) is 0 Å². The summed E-state index contributed by atoms with van der Waals surface area (Å²) < 4.78 is 1.36. The number of carbonyl (C=O) groups excluding carboxylic acids is 2. The molecule has 0 saturated carbocycles. The van der Waals surface area contributed by atoms with E-state index in [1.54, 1.807) is 31.2 Å². The summed E-state index contributed by atoms with van der Waals surface area (Å²) in [4.78, 5) is 24.4. The van der Waals surface area contributed by atoms with Gasteiger partial charge in [-0.2, -0.15) is 0 Å². The van der Waals surface area contributed by atoms with Gasteiger partial charge < -0.3 is 5.84 Å². The topological polar surface area (TPSA) is 115 Å². The van der Waals surface area contributed by atoms with Gasteiger partial charge in [0.25, 0.3) is 11.8 Å². The van der Waals surface area contributed by atoms with E-state index in [1.165, 1.54) is 10.2 Å². The molecule has 0 bridgehead atoms. The summed E-state index contributed by atoms with van der Waals surface area (Å²) in [6.45, 7) is 8.14. The molecule has 3 rings (SSSR count). The molecule has 9 heteroatoms. The average molecular weight is 439 g/mol. The number of hydrogen-bond donors (Lipinski definition) is 3. The Hall–Kier alpha value is -3.33. The van der Waals surface area contributed by atoms with Crippen LogP contribution >= 0.6 is 11.8 Å². The molecule has 0 fully saturated rings. The fourth-order valence-corrected chi connectivity index (χ4v) is 3.54. The maximum atomic E-state index is 12.4. The first-order valence-electron chi connectivity index (χ1n) is 9.80. The number of hydrogen-bond acceptors (Lipinski definition) is 6. The molecule has 1 heterocycles. The van der Waals surface area contributed by atoms with Crippen molar-refractivity contribution in [2.24, 2.45) is 0 Å². The van der Waals surface area contributed by atoms with Gasteiger partial charge in [-0.25, -0.2) is 4.68 Å². The SMILES string of the molecule is C[C@H](Sc1nnc(-c2ccc(C(C)(C)C)cc2)n1N)C(=O)NNC(=O)c1ccccc1. The Balaban J connectivity index is 1.62. The average Bonchev–Trinajstić information content (AvgIpc) is 3.11. The number of thioether (sulfide) groups is 1. The first kappa shape index (κ1) is 22.4. The lowest BCUT2D eigenvalue weighted by molar-refractivity contribution is -0.121. The Labute approximate surface area is 185 Å². The van der Waals surface area contributed by atoms with Gasteiger partial charge in [-0.3, -0.25) is 20.4 Å². The minimum absolute atomic E-state index is 0.0503. The highest BCUT2D eigenvalue weighted by Gasteiger charge is 2.21. The Morgan fingerprint density at radius 3 is 2.26 bits per heavy atom. The van der Waals surface area contributed by atoms with E-state index in [0.29, 0.717) is 16.5 Å². The molecule has 0 aliphatic rings. The van der Waals surface area contributed by atoms with Crippen LogP contribution in [-0.4, -0.2) is 31.9 Å². The molecule has 0 aliphatic carbocycles. The maximum Gasteiger partial charge on any atom is 0.269 e. The van der Waals surface area contributed by atoms with Crippen molar-refractivity contribution in [3.8, 4) is 11.4 Å². The number of rotatable bonds is 5. The van der Waals surface area contributed by atoms with Gasteiger partial charge in [0.2, 0.25) is 5.16 Å². The quantitative estimate of drug-likeness (QED) is 0.321. The molecule has 0 radical (unpaired) electrons. The summed E-state index contributed by atoms with van der Waals surface area (Å²) in [6, 6.07) is 16.6. The Kier molecular flexibility index (Phi) is 6.65. The number of benzene rings is 2. The first-order valence-corrected chi connectivity index (χ1v) is 10.7. The van der Waals surface area contributed by atoms with Crippen molar-refractivity contribution in [2.75, 3.05) is 5.84 Å². The van der Waals surface area contributed by atoms with E-state index in [1.807, 2.05) is 30.3 Å². The number of aromatic nitrogens is 3. The van der Waals surface area contributed by atoms with E-state index in [-0.39, 0.29) is 11.3 Å². The fourth-order valence-electron chi connectivity index (χ4n) is 2.77. The van der Waals surface area contributed by atoms with E-state index < -0.39 is 11.2 Å². The molecule has 1 atom stereocenters. The van der Waals surface area contributed by atoms with Gasteiger partial charge in [-0.05, 0) is 30.0 Å². The van der Waals surface area contributed by atoms with Crippen molar-refractivity contribution in [3.05, 3.63) is 65.7 Å². The monoisotopic (exact) mass is 438 g/mol. The van der Waals surface area contributed by atoms with Crippen LogP contribution in [0.25, 0.3) is 11.4 Å². The predicted molar refractivity (Wildman–Crippen MR) is 122 cm³/mol. The van der Waals surface area contributed by atoms with Crippen molar-refractivity contribution >= 4 is 23.6 Å². The molecular formula is C22H26N6O2S. The van der Waals surface area contributed by atoms with Crippen LogP contribution in [0.4, 0.5) is 0 Å². The molecule has 8 nitrogen and oxygen atoms in total. The number of nitrogens with zero attached hydrogens (tertiary/aromatic N) is 3. The highest BCUT2D eigenvalue weighted by Crippen LogP contribution is 2.27. The van der Waals surface area contributed by atoms with E-state index >= 15 is 0 Å². The molecule has 31 heavy (non-hydrogen) atoms. The molecule has 2 aromatic carbocycles. The zero-order valence-electron chi connectivity index (χ0n) is 17.9. The van der Waals surface area contributed by atoms with Crippen LogP contribution in [-0.2, 0) is 10.2 Å². The van der Waals surface area contributed by atoms with Gasteiger partial charge >= 0.3 is 0 Å². The van der Waals surface area contributed by atoms with Crippen molar-refractivity contribution in [3.63, 3.8) is 0 Å². The highest BCUT2D eigenvalue weighted by molar-refractivity contribution is 8.00. The molecule has 3 aromatic rings. The Morgan fingerprint density at radius 1 is 1.00 bits per heavy atom. The molecule has 162 valence electrons. The lowest BCUT2D eigenvalue weighted by Gasteiger charge is -2.19. The molecule has 0 aliphatic heterocycles. The maximum absolute atomic E-state index is 12.4. The van der Waals surface area contributed by atoms with Crippen molar-refractivity contribution in [1.29, 1.82) is 0 Å². The number of carbonyl (C=O) groups is 2. The van der Waals surface area contributed by atoms with Gasteiger partial charge in [-0.1, -0.05) is 75.0 Å². The van der Waals surface area contributed by atoms with Crippen LogP contribution in [0.1, 0.15) is 43.6 Å². The van der Waals surface area contributed by atoms with Gasteiger partial charge in [0.05, 0.1) is 5.25 Å². The van der Waals surface area contributed by atoms with E-state index in [9.17, 15) is 9.59 Å². The normalized spacial score (nSPS) is 12.3. The second-order valence-corrected chi connectivity index (χ2v) is 9.38. The number of hydrazine groups is 1. The Bertz CT molecular complexity index is 1060. The molecule has 1 aromatic heterocycles. The summed E-state index contributed by atoms with van der Waals surface area (Å²) >= 11 is 1.15. The van der Waals surface area contributed by atoms with Crippen molar-refractivity contribution in [1.82, 2.24) is 25.7 Å². The van der Waals surface area contributed by atoms with E-state index in [0.717, 1.165) is 17.3 Å². The second kappa shape index (κ2) is 9.22. The molecule has 0 spiro atoms. The van der Waals surface area contributed by atoms with Crippen LogP contribution < -0.4 is 16.7 Å². The number of nitrogens with two attached hydrogens (primary N) is 1. The fraction of sp³-hybridized carbons (Fsp3) is 0.273. The number of nitrogen functional groups attached to an aromatic ring is 1. The zero-order chi connectivity index (χ0) is 22.6. The molecule has 0 saturated heterocycles. The van der Waals surface area contributed by atoms with Gasteiger partial charge in [0.15, 0.2) is 5.82 Å². The van der Waals surface area contributed by atoms with E-state index in [4.69, 9.17) is 5.84 Å². The third-order valence-electron chi connectivity index (χ3n) is 4.66. The number of amides is 2. The lowest BCUT2D eigenvalue weighted by Crippen LogP contribution is -2.45. The first-order chi connectivity index (χ1) is 14.7. The summed E-state index contributed by atoms with van der Waals surface area (Å²) in [7, 11) is 0. The smallest absolute Gasteiger partial charge is 0.269 e. The minimum atomic E-state index is -0.557. The van der Waals surface area contributed by atoms with Crippen LogP contribution in [0.3, 0.4) is 0 Å². The molecular weight excluding hydrogens is 412 g/mol. The largest absolute Gasteiger partial charge is 0.335 e. The number of nitrogens with one attached hydrogen (secondary N) is 2. The predicted octanol–water partition coefficient (Wildman–Crippen LogP) is 2.90. The Morgan fingerprint density at radius 2 is 1.65 bits per heavy atom. The summed E-state index contributed by atoms with van der Waals surface area (Å²) in [6.07, 6.45) is 0. The summed E-state index contributed by atoms with van der Waals surface area (Å²) in [5.74, 6) is 5.91. The molecule has 0 unspecified atom stereocenters. The summed E-state index contributed by atoms with van der Waals surface area (Å²) in [5.41, 5.74) is 7.37. The van der Waals surface area contributed by atoms with Gasteiger partial charge in [0, 0.05) is 11.1 Å². The minimum Gasteiger partial charge on any atom is -0.335 e. The van der Waals surface area contributed by atoms with Crippen molar-refractivity contribution in [2.45, 2.75) is 43.5 Å². The third-order valence-corrected chi connectivity index (χ3v) is 5.72. The van der Waals surface area contributed by atoms with Crippen molar-refractivity contribution < 1.29 is 9.59 Å². The lowest BCUT2D eigenvalue weighted by atomic mass is 9.87. The zero-order valence-corrected chi connectivity index (χ0v) is 18.7. The summed E-state index contributed by atoms with van der Waals surface area (Å²) in [5, 5.41) is 8.12. The highest BCUT2D eigenvalue weighted by atomic mass is 32.2.